The number of hydrogen-bond donors (Lipinski definition) is 2. The normalized spacial score (nSPS) is 17.9. The van der Waals surface area contributed by atoms with Gasteiger partial charge in [0.25, 0.3) is 0 Å². The predicted molar refractivity (Wildman–Crippen MR) is 57.2 cm³/mol. The molecule has 0 atom stereocenters. The van der Waals surface area contributed by atoms with E-state index in [1.165, 1.54) is 10.4 Å². The van der Waals surface area contributed by atoms with E-state index in [0.717, 1.165) is 12.8 Å². The Morgan fingerprint density at radius 3 is 2.71 bits per heavy atom. The number of carbonyl (C=O) groups excluding carboxylic acids is 1. The highest BCUT2D eigenvalue weighted by Crippen LogP contribution is 2.51. The summed E-state index contributed by atoms with van der Waals surface area (Å²) in [5, 5.41) is 2.05. The summed E-state index contributed by atoms with van der Waals surface area (Å²) in [5.74, 6) is 0.102. The average Bonchev–Trinajstić information content (AvgIpc) is 2.85. The smallest absolute Gasteiger partial charge is 0.245 e. The lowest BCUT2D eigenvalue weighted by Crippen LogP contribution is -2.41. The van der Waals surface area contributed by atoms with Gasteiger partial charge < -0.3 is 0 Å². The van der Waals surface area contributed by atoms with E-state index in [0.29, 0.717) is 0 Å². The fraction of sp³-hybridized carbons (Fsp3) is 0.500. The standard InChI is InChI=1S/C10H14N2OS/c1-7-3-6-14-8(7)10(4-5-10)9(13)12-11-2/h3,6,11H,4-5H2,1-2H3,(H,12,13). The number of hydrazine groups is 1. The first-order chi connectivity index (χ1) is 6.70. The van der Waals surface area contributed by atoms with Crippen molar-refractivity contribution >= 4 is 17.2 Å². The van der Waals surface area contributed by atoms with E-state index in [4.69, 9.17) is 0 Å². The molecule has 1 aliphatic rings. The highest BCUT2D eigenvalue weighted by Gasteiger charge is 2.52. The first-order valence-electron chi connectivity index (χ1n) is 4.72. The van der Waals surface area contributed by atoms with Crippen molar-refractivity contribution < 1.29 is 4.79 Å². The number of thiophene rings is 1. The first-order valence-corrected chi connectivity index (χ1v) is 5.60. The Labute approximate surface area is 87.5 Å². The highest BCUT2D eigenvalue weighted by molar-refractivity contribution is 7.10. The zero-order valence-corrected chi connectivity index (χ0v) is 9.20. The van der Waals surface area contributed by atoms with E-state index >= 15 is 0 Å². The third-order valence-electron chi connectivity index (χ3n) is 2.72. The fourth-order valence-electron chi connectivity index (χ4n) is 1.78. The van der Waals surface area contributed by atoms with Crippen molar-refractivity contribution in [3.8, 4) is 0 Å². The van der Waals surface area contributed by atoms with Crippen LogP contribution in [0.5, 0.6) is 0 Å². The van der Waals surface area contributed by atoms with E-state index in [-0.39, 0.29) is 11.3 Å². The van der Waals surface area contributed by atoms with Gasteiger partial charge >= 0.3 is 0 Å². The van der Waals surface area contributed by atoms with Crippen LogP contribution in [0.3, 0.4) is 0 Å². The van der Waals surface area contributed by atoms with Crippen LogP contribution in [0.25, 0.3) is 0 Å². The molecule has 0 aliphatic heterocycles. The van der Waals surface area contributed by atoms with Crippen LogP contribution < -0.4 is 10.9 Å². The monoisotopic (exact) mass is 210 g/mol. The maximum absolute atomic E-state index is 11.8. The van der Waals surface area contributed by atoms with Crippen molar-refractivity contribution in [2.75, 3.05) is 7.05 Å². The summed E-state index contributed by atoms with van der Waals surface area (Å²) in [6.07, 6.45) is 1.95. The van der Waals surface area contributed by atoms with E-state index in [9.17, 15) is 4.79 Å². The SMILES string of the molecule is CNNC(=O)C1(c2sccc2C)CC1. The third-order valence-corrected chi connectivity index (χ3v) is 3.94. The maximum atomic E-state index is 11.8. The molecule has 0 aromatic carbocycles. The maximum Gasteiger partial charge on any atom is 0.245 e. The molecule has 2 N–H and O–H groups in total. The van der Waals surface area contributed by atoms with Gasteiger partial charge in [-0.1, -0.05) is 0 Å². The van der Waals surface area contributed by atoms with Crippen LogP contribution >= 0.6 is 11.3 Å². The lowest BCUT2D eigenvalue weighted by molar-refractivity contribution is -0.124. The molecule has 0 unspecified atom stereocenters. The van der Waals surface area contributed by atoms with Crippen LogP contribution in [0.1, 0.15) is 23.3 Å². The van der Waals surface area contributed by atoms with Gasteiger partial charge in [-0.2, -0.15) is 0 Å². The van der Waals surface area contributed by atoms with Crippen LogP contribution in [0.2, 0.25) is 0 Å². The van der Waals surface area contributed by atoms with Crippen LogP contribution in [0.15, 0.2) is 11.4 Å². The van der Waals surface area contributed by atoms with Crippen LogP contribution in [0.4, 0.5) is 0 Å². The third kappa shape index (κ3) is 1.35. The molecule has 76 valence electrons. The number of aryl methyl sites for hydroxylation is 1. The summed E-state index contributed by atoms with van der Waals surface area (Å²) in [7, 11) is 1.72. The summed E-state index contributed by atoms with van der Waals surface area (Å²) >= 11 is 1.68. The second-order valence-corrected chi connectivity index (χ2v) is 4.64. The summed E-state index contributed by atoms with van der Waals surface area (Å²) in [4.78, 5) is 13.0. The Bertz CT molecular complexity index is 355. The molecular formula is C10H14N2OS. The van der Waals surface area contributed by atoms with Crippen molar-refractivity contribution in [2.24, 2.45) is 0 Å². The molecule has 0 saturated heterocycles. The topological polar surface area (TPSA) is 41.1 Å². The molecule has 0 spiro atoms. The average molecular weight is 210 g/mol. The molecule has 1 heterocycles. The molecule has 3 nitrogen and oxygen atoms in total. The number of hydrogen-bond acceptors (Lipinski definition) is 3. The van der Waals surface area contributed by atoms with Crippen molar-refractivity contribution in [3.05, 3.63) is 21.9 Å². The Morgan fingerprint density at radius 1 is 1.57 bits per heavy atom. The van der Waals surface area contributed by atoms with Crippen molar-refractivity contribution in [3.63, 3.8) is 0 Å². The molecule has 0 radical (unpaired) electrons. The highest BCUT2D eigenvalue weighted by atomic mass is 32.1. The largest absolute Gasteiger partial charge is 0.291 e. The molecule has 4 heteroatoms. The van der Waals surface area contributed by atoms with Gasteiger partial charge in [-0.15, -0.1) is 11.3 Å². The first kappa shape index (κ1) is 9.68. The molecule has 14 heavy (non-hydrogen) atoms. The molecule has 2 rings (SSSR count). The Balaban J connectivity index is 2.25. The molecule has 1 amide bonds. The summed E-state index contributed by atoms with van der Waals surface area (Å²) < 4.78 is 0. The van der Waals surface area contributed by atoms with E-state index < -0.39 is 0 Å². The van der Waals surface area contributed by atoms with Crippen molar-refractivity contribution in [1.82, 2.24) is 10.9 Å². The Morgan fingerprint density at radius 2 is 2.29 bits per heavy atom. The van der Waals surface area contributed by atoms with Gasteiger partial charge in [0.2, 0.25) is 5.91 Å². The minimum absolute atomic E-state index is 0.102. The second-order valence-electron chi connectivity index (χ2n) is 3.72. The van der Waals surface area contributed by atoms with E-state index in [1.54, 1.807) is 18.4 Å². The summed E-state index contributed by atoms with van der Waals surface area (Å²) in [6, 6.07) is 2.08. The number of nitrogens with one attached hydrogen (secondary N) is 2. The lowest BCUT2D eigenvalue weighted by atomic mass is 10.0. The van der Waals surface area contributed by atoms with Crippen LogP contribution in [-0.2, 0) is 10.2 Å². The van der Waals surface area contributed by atoms with Crippen LogP contribution in [-0.4, -0.2) is 13.0 Å². The molecule has 1 saturated carbocycles. The minimum atomic E-state index is -0.221. The molecular weight excluding hydrogens is 196 g/mol. The Hall–Kier alpha value is -0.870. The van der Waals surface area contributed by atoms with Gasteiger partial charge in [-0.3, -0.25) is 10.2 Å². The van der Waals surface area contributed by atoms with E-state index in [1.807, 2.05) is 0 Å². The Kier molecular flexibility index (Phi) is 2.33. The summed E-state index contributed by atoms with van der Waals surface area (Å²) in [5.41, 5.74) is 6.40. The molecule has 1 aliphatic carbocycles. The van der Waals surface area contributed by atoms with E-state index in [2.05, 4.69) is 29.2 Å². The lowest BCUT2D eigenvalue weighted by Gasteiger charge is -2.13. The molecule has 1 fully saturated rings. The predicted octanol–water partition coefficient (Wildman–Crippen LogP) is 1.34. The molecule has 1 aromatic heterocycles. The number of rotatable bonds is 3. The van der Waals surface area contributed by atoms with Crippen LogP contribution in [0, 0.1) is 6.92 Å². The number of amides is 1. The summed E-state index contributed by atoms with van der Waals surface area (Å²) in [6.45, 7) is 2.07. The minimum Gasteiger partial charge on any atom is -0.291 e. The molecule has 0 bridgehead atoms. The number of carbonyl (C=O) groups is 1. The second kappa shape index (κ2) is 3.37. The van der Waals surface area contributed by atoms with Gasteiger partial charge in [0.1, 0.15) is 0 Å². The van der Waals surface area contributed by atoms with Crippen molar-refractivity contribution in [1.29, 1.82) is 0 Å². The molecule has 1 aromatic rings. The zero-order valence-electron chi connectivity index (χ0n) is 8.39. The van der Waals surface area contributed by atoms with Gasteiger partial charge in [0.15, 0.2) is 0 Å². The fourth-order valence-corrected chi connectivity index (χ4v) is 2.96. The quantitative estimate of drug-likeness (QED) is 0.739. The van der Waals surface area contributed by atoms with Gasteiger partial charge in [0, 0.05) is 11.9 Å². The van der Waals surface area contributed by atoms with Gasteiger partial charge in [0.05, 0.1) is 5.41 Å². The van der Waals surface area contributed by atoms with Gasteiger partial charge in [-0.25, -0.2) is 5.43 Å². The van der Waals surface area contributed by atoms with Crippen molar-refractivity contribution in [2.45, 2.75) is 25.2 Å². The van der Waals surface area contributed by atoms with Gasteiger partial charge in [-0.05, 0) is 36.8 Å². The zero-order chi connectivity index (χ0) is 10.2.